The highest BCUT2D eigenvalue weighted by Crippen LogP contribution is 2.32. The van der Waals surface area contributed by atoms with E-state index in [0.29, 0.717) is 10.6 Å². The Morgan fingerprint density at radius 3 is 2.56 bits per heavy atom. The molecule has 0 aliphatic carbocycles. The van der Waals surface area contributed by atoms with Crippen LogP contribution >= 0.6 is 27.5 Å². The van der Waals surface area contributed by atoms with Gasteiger partial charge in [0.2, 0.25) is 0 Å². The molecule has 0 unspecified atom stereocenters. The first kappa shape index (κ1) is 11.6. The molecule has 0 aliphatic rings. The Bertz CT molecular complexity index is 511. The van der Waals surface area contributed by atoms with Crippen LogP contribution in [0.1, 0.15) is 5.56 Å². The lowest BCUT2D eigenvalue weighted by Crippen LogP contribution is -1.85. The van der Waals surface area contributed by atoms with E-state index in [9.17, 15) is 4.39 Å². The second-order valence-corrected chi connectivity index (χ2v) is 4.72. The molecule has 0 heterocycles. The van der Waals surface area contributed by atoms with Crippen molar-refractivity contribution in [3.05, 3.63) is 57.5 Å². The van der Waals surface area contributed by atoms with Crippen LogP contribution in [0.4, 0.5) is 4.39 Å². The fraction of sp³-hybridized carbons (Fsp3) is 0.0769. The fourth-order valence-electron chi connectivity index (χ4n) is 1.56. The Morgan fingerprint density at radius 2 is 1.88 bits per heavy atom. The summed E-state index contributed by atoms with van der Waals surface area (Å²) in [5.74, 6) is 0. The molecule has 0 saturated heterocycles. The molecule has 0 saturated carbocycles. The van der Waals surface area contributed by atoms with Gasteiger partial charge in [-0.25, -0.2) is 4.39 Å². The lowest BCUT2D eigenvalue weighted by molar-refractivity contribution is 0.485. The van der Waals surface area contributed by atoms with Crippen molar-refractivity contribution in [1.29, 1.82) is 0 Å². The van der Waals surface area contributed by atoms with E-state index in [0.717, 1.165) is 15.6 Å². The van der Waals surface area contributed by atoms with Crippen LogP contribution in [-0.2, 0) is 6.67 Å². The third-order valence-corrected chi connectivity index (χ3v) is 3.30. The van der Waals surface area contributed by atoms with Crippen molar-refractivity contribution >= 4 is 27.5 Å². The van der Waals surface area contributed by atoms with Gasteiger partial charge in [-0.3, -0.25) is 0 Å². The van der Waals surface area contributed by atoms with Gasteiger partial charge in [0.15, 0.2) is 0 Å². The van der Waals surface area contributed by atoms with Crippen LogP contribution in [-0.4, -0.2) is 0 Å². The SMILES string of the molecule is FCc1cccc(-c2cccc(Br)c2)c1Cl. The van der Waals surface area contributed by atoms with Gasteiger partial charge >= 0.3 is 0 Å². The van der Waals surface area contributed by atoms with E-state index in [2.05, 4.69) is 15.9 Å². The summed E-state index contributed by atoms with van der Waals surface area (Å²) in [5.41, 5.74) is 2.37. The summed E-state index contributed by atoms with van der Waals surface area (Å²) in [4.78, 5) is 0. The number of alkyl halides is 1. The summed E-state index contributed by atoms with van der Waals surface area (Å²) in [5, 5.41) is 0.489. The molecule has 0 aromatic heterocycles. The van der Waals surface area contributed by atoms with E-state index in [-0.39, 0.29) is 0 Å². The molecule has 16 heavy (non-hydrogen) atoms. The third-order valence-electron chi connectivity index (χ3n) is 2.36. The minimum absolute atomic E-state index is 0.489. The van der Waals surface area contributed by atoms with Crippen LogP contribution in [0.2, 0.25) is 5.02 Å². The average molecular weight is 300 g/mol. The summed E-state index contributed by atoms with van der Waals surface area (Å²) < 4.78 is 13.6. The van der Waals surface area contributed by atoms with E-state index in [1.807, 2.05) is 36.4 Å². The zero-order valence-corrected chi connectivity index (χ0v) is 10.7. The maximum absolute atomic E-state index is 12.7. The highest BCUT2D eigenvalue weighted by Gasteiger charge is 2.07. The van der Waals surface area contributed by atoms with Crippen molar-refractivity contribution in [3.63, 3.8) is 0 Å². The number of benzene rings is 2. The lowest BCUT2D eigenvalue weighted by Gasteiger charge is -2.07. The topological polar surface area (TPSA) is 0 Å². The highest BCUT2D eigenvalue weighted by atomic mass is 79.9. The molecule has 82 valence electrons. The molecule has 3 heteroatoms. The number of hydrogen-bond donors (Lipinski definition) is 0. The van der Waals surface area contributed by atoms with Gasteiger partial charge in [0, 0.05) is 15.6 Å². The largest absolute Gasteiger partial charge is 0.246 e. The molecule has 2 aromatic rings. The Kier molecular flexibility index (Phi) is 3.62. The predicted octanol–water partition coefficient (Wildman–Crippen LogP) is 5.24. The summed E-state index contributed by atoms with van der Waals surface area (Å²) in [6.07, 6.45) is 0. The van der Waals surface area contributed by atoms with E-state index in [4.69, 9.17) is 11.6 Å². The van der Waals surface area contributed by atoms with Crippen molar-refractivity contribution in [2.75, 3.05) is 0 Å². The van der Waals surface area contributed by atoms with Crippen molar-refractivity contribution in [2.45, 2.75) is 6.67 Å². The Balaban J connectivity index is 2.56. The molecule has 0 amide bonds. The van der Waals surface area contributed by atoms with Crippen LogP contribution < -0.4 is 0 Å². The molecule has 0 N–H and O–H groups in total. The Labute approximate surface area is 107 Å². The molecule has 0 spiro atoms. The van der Waals surface area contributed by atoms with Crippen molar-refractivity contribution in [3.8, 4) is 11.1 Å². The van der Waals surface area contributed by atoms with Crippen LogP contribution in [0.15, 0.2) is 46.9 Å². The van der Waals surface area contributed by atoms with E-state index in [1.54, 1.807) is 6.07 Å². The van der Waals surface area contributed by atoms with Gasteiger partial charge in [0.1, 0.15) is 6.67 Å². The molecule has 2 rings (SSSR count). The van der Waals surface area contributed by atoms with E-state index in [1.165, 1.54) is 0 Å². The second kappa shape index (κ2) is 4.98. The van der Waals surface area contributed by atoms with Crippen molar-refractivity contribution in [2.24, 2.45) is 0 Å². The summed E-state index contributed by atoms with van der Waals surface area (Å²) in [6.45, 7) is -0.541. The zero-order chi connectivity index (χ0) is 11.5. The first-order valence-electron chi connectivity index (χ1n) is 4.81. The minimum Gasteiger partial charge on any atom is -0.246 e. The number of hydrogen-bond acceptors (Lipinski definition) is 0. The normalized spacial score (nSPS) is 10.4. The highest BCUT2D eigenvalue weighted by molar-refractivity contribution is 9.10. The van der Waals surface area contributed by atoms with Crippen LogP contribution in [0.5, 0.6) is 0 Å². The Hall–Kier alpha value is -0.860. The third kappa shape index (κ3) is 2.28. The maximum atomic E-state index is 12.7. The second-order valence-electron chi connectivity index (χ2n) is 3.42. The van der Waals surface area contributed by atoms with Crippen LogP contribution in [0, 0.1) is 0 Å². The summed E-state index contributed by atoms with van der Waals surface area (Å²) >= 11 is 9.54. The molecule has 0 nitrogen and oxygen atoms in total. The van der Waals surface area contributed by atoms with Gasteiger partial charge in [0.05, 0.1) is 5.02 Å². The molecule has 0 atom stereocenters. The molecule has 0 radical (unpaired) electrons. The average Bonchev–Trinajstić information content (AvgIpc) is 2.29. The summed E-state index contributed by atoms with van der Waals surface area (Å²) in [7, 11) is 0. The number of halogens is 3. The molecule has 2 aromatic carbocycles. The molecule has 0 bridgehead atoms. The molecule has 0 aliphatic heterocycles. The smallest absolute Gasteiger partial charge is 0.116 e. The van der Waals surface area contributed by atoms with Gasteiger partial charge < -0.3 is 0 Å². The van der Waals surface area contributed by atoms with Gasteiger partial charge in [-0.1, -0.05) is 57.9 Å². The van der Waals surface area contributed by atoms with E-state index >= 15 is 0 Å². The Morgan fingerprint density at radius 1 is 1.12 bits per heavy atom. The predicted molar refractivity (Wildman–Crippen MR) is 69.4 cm³/mol. The maximum Gasteiger partial charge on any atom is 0.116 e. The zero-order valence-electron chi connectivity index (χ0n) is 8.38. The van der Waals surface area contributed by atoms with Gasteiger partial charge in [-0.15, -0.1) is 0 Å². The molecular formula is C13H9BrClF. The van der Waals surface area contributed by atoms with Crippen molar-refractivity contribution < 1.29 is 4.39 Å². The molecule has 0 fully saturated rings. The first-order valence-corrected chi connectivity index (χ1v) is 5.99. The monoisotopic (exact) mass is 298 g/mol. The van der Waals surface area contributed by atoms with Crippen LogP contribution in [0.25, 0.3) is 11.1 Å². The lowest BCUT2D eigenvalue weighted by atomic mass is 10.0. The standard InChI is InChI=1S/C13H9BrClF/c14-11-5-1-3-9(7-11)12-6-2-4-10(8-16)13(12)15/h1-7H,8H2. The van der Waals surface area contributed by atoms with Crippen molar-refractivity contribution in [1.82, 2.24) is 0 Å². The summed E-state index contributed by atoms with van der Waals surface area (Å²) in [6, 6.07) is 13.2. The number of rotatable bonds is 2. The van der Waals surface area contributed by atoms with Gasteiger partial charge in [-0.2, -0.15) is 0 Å². The minimum atomic E-state index is -0.541. The van der Waals surface area contributed by atoms with Gasteiger partial charge in [-0.05, 0) is 17.7 Å². The van der Waals surface area contributed by atoms with Crippen LogP contribution in [0.3, 0.4) is 0 Å². The fourth-order valence-corrected chi connectivity index (χ4v) is 2.25. The van der Waals surface area contributed by atoms with Gasteiger partial charge in [0.25, 0.3) is 0 Å². The van der Waals surface area contributed by atoms with E-state index < -0.39 is 6.67 Å². The molecular weight excluding hydrogens is 290 g/mol. The first-order chi connectivity index (χ1) is 7.72. The quantitative estimate of drug-likeness (QED) is 0.711.